The lowest BCUT2D eigenvalue weighted by Crippen LogP contribution is -2.20. The van der Waals surface area contributed by atoms with Crippen molar-refractivity contribution in [3.8, 4) is 0 Å². The second kappa shape index (κ2) is 4.75. The van der Waals surface area contributed by atoms with E-state index in [2.05, 4.69) is 11.6 Å². The standard InChI is InChI=1S/C10H15NO/c1-3-8-11-10(4-2)12-9-6-5-7-9/h3-4,8-9H,1,5-7H2,2H3/b10-4+,11-8?. The molecule has 0 aromatic heterocycles. The van der Waals surface area contributed by atoms with Crippen molar-refractivity contribution < 1.29 is 4.74 Å². The molecular weight excluding hydrogens is 150 g/mol. The maximum Gasteiger partial charge on any atom is 0.208 e. The van der Waals surface area contributed by atoms with Crippen LogP contribution in [0.25, 0.3) is 0 Å². The summed E-state index contributed by atoms with van der Waals surface area (Å²) in [6, 6.07) is 0. The second-order valence-corrected chi connectivity index (χ2v) is 2.81. The molecule has 12 heavy (non-hydrogen) atoms. The van der Waals surface area contributed by atoms with Crippen LogP contribution in [0.4, 0.5) is 0 Å². The molecule has 0 spiro atoms. The lowest BCUT2D eigenvalue weighted by molar-refractivity contribution is 0.0512. The maximum atomic E-state index is 5.55. The van der Waals surface area contributed by atoms with E-state index in [4.69, 9.17) is 4.74 Å². The summed E-state index contributed by atoms with van der Waals surface area (Å²) in [5, 5.41) is 0. The van der Waals surface area contributed by atoms with Gasteiger partial charge in [0.05, 0.1) is 0 Å². The third-order valence-corrected chi connectivity index (χ3v) is 1.89. The number of hydrogen-bond acceptors (Lipinski definition) is 2. The molecule has 0 bridgehead atoms. The summed E-state index contributed by atoms with van der Waals surface area (Å²) in [4.78, 5) is 4.08. The van der Waals surface area contributed by atoms with Crippen LogP contribution >= 0.6 is 0 Å². The number of hydrogen-bond donors (Lipinski definition) is 0. The molecule has 0 atom stereocenters. The fourth-order valence-electron chi connectivity index (χ4n) is 0.959. The molecular formula is C10H15NO. The molecule has 1 saturated carbocycles. The highest BCUT2D eigenvalue weighted by Crippen LogP contribution is 2.24. The first-order valence-corrected chi connectivity index (χ1v) is 4.35. The van der Waals surface area contributed by atoms with Crippen molar-refractivity contribution in [2.75, 3.05) is 0 Å². The lowest BCUT2D eigenvalue weighted by Gasteiger charge is -2.26. The Bertz CT molecular complexity index is 202. The Labute approximate surface area is 73.6 Å². The van der Waals surface area contributed by atoms with E-state index in [-0.39, 0.29) is 0 Å². The number of allylic oxidation sites excluding steroid dienone is 2. The van der Waals surface area contributed by atoms with Gasteiger partial charge in [0.1, 0.15) is 6.10 Å². The van der Waals surface area contributed by atoms with E-state index in [0.717, 1.165) is 0 Å². The average Bonchev–Trinajstić information content (AvgIpc) is 2.02. The molecule has 1 aliphatic carbocycles. The molecule has 0 aliphatic heterocycles. The van der Waals surface area contributed by atoms with Gasteiger partial charge in [-0.1, -0.05) is 12.7 Å². The molecule has 0 aromatic carbocycles. The summed E-state index contributed by atoms with van der Waals surface area (Å²) in [6.45, 7) is 5.47. The molecule has 0 aromatic rings. The normalized spacial score (nSPS) is 19.2. The largest absolute Gasteiger partial charge is 0.475 e. The molecule has 0 N–H and O–H groups in total. The summed E-state index contributed by atoms with van der Waals surface area (Å²) >= 11 is 0. The molecule has 0 saturated heterocycles. The highest BCUT2D eigenvalue weighted by atomic mass is 16.5. The van der Waals surface area contributed by atoms with Gasteiger partial charge in [-0.05, 0) is 32.3 Å². The minimum atomic E-state index is 0.401. The molecule has 66 valence electrons. The predicted molar refractivity (Wildman–Crippen MR) is 51.2 cm³/mol. The van der Waals surface area contributed by atoms with Gasteiger partial charge in [-0.2, -0.15) is 0 Å². The zero-order chi connectivity index (χ0) is 8.81. The van der Waals surface area contributed by atoms with E-state index < -0.39 is 0 Å². The molecule has 2 heteroatoms. The van der Waals surface area contributed by atoms with Crippen LogP contribution < -0.4 is 0 Å². The van der Waals surface area contributed by atoms with Crippen molar-refractivity contribution in [2.45, 2.75) is 32.3 Å². The topological polar surface area (TPSA) is 21.6 Å². The first-order valence-electron chi connectivity index (χ1n) is 4.35. The summed E-state index contributed by atoms with van der Waals surface area (Å²) in [6.07, 6.45) is 9.19. The summed E-state index contributed by atoms with van der Waals surface area (Å²) in [5.74, 6) is 0.708. The fourth-order valence-corrected chi connectivity index (χ4v) is 0.959. The maximum absolute atomic E-state index is 5.55. The van der Waals surface area contributed by atoms with Gasteiger partial charge in [-0.25, -0.2) is 4.99 Å². The quantitative estimate of drug-likeness (QED) is 0.463. The van der Waals surface area contributed by atoms with Crippen LogP contribution in [0.2, 0.25) is 0 Å². The molecule has 1 rings (SSSR count). The van der Waals surface area contributed by atoms with Gasteiger partial charge in [0.2, 0.25) is 5.88 Å². The molecule has 1 aliphatic rings. The number of aliphatic imine (C=N–C) groups is 1. The predicted octanol–water partition coefficient (Wildman–Crippen LogP) is 2.67. The Morgan fingerprint density at radius 1 is 1.58 bits per heavy atom. The van der Waals surface area contributed by atoms with E-state index in [9.17, 15) is 0 Å². The van der Waals surface area contributed by atoms with Crippen molar-refractivity contribution in [3.63, 3.8) is 0 Å². The van der Waals surface area contributed by atoms with Crippen LogP contribution in [-0.4, -0.2) is 12.3 Å². The van der Waals surface area contributed by atoms with Crippen LogP contribution in [0, 0.1) is 0 Å². The zero-order valence-electron chi connectivity index (χ0n) is 7.49. The molecule has 0 unspecified atom stereocenters. The first-order chi connectivity index (χ1) is 5.86. The molecule has 0 radical (unpaired) electrons. The van der Waals surface area contributed by atoms with Gasteiger partial charge in [-0.15, -0.1) is 0 Å². The highest BCUT2D eigenvalue weighted by Gasteiger charge is 2.19. The van der Waals surface area contributed by atoms with Crippen LogP contribution in [-0.2, 0) is 4.74 Å². The minimum Gasteiger partial charge on any atom is -0.475 e. The molecule has 0 heterocycles. The van der Waals surface area contributed by atoms with E-state index in [1.807, 2.05) is 13.0 Å². The van der Waals surface area contributed by atoms with Gasteiger partial charge in [0.25, 0.3) is 0 Å². The Hall–Kier alpha value is -1.05. The smallest absolute Gasteiger partial charge is 0.208 e. The van der Waals surface area contributed by atoms with E-state index >= 15 is 0 Å². The molecule has 2 nitrogen and oxygen atoms in total. The van der Waals surface area contributed by atoms with E-state index in [0.29, 0.717) is 12.0 Å². The minimum absolute atomic E-state index is 0.401. The lowest BCUT2D eigenvalue weighted by atomic mass is 9.96. The SMILES string of the molecule is C=CC=N/C(=C\C)OC1CCC1. The van der Waals surface area contributed by atoms with E-state index in [1.54, 1.807) is 12.3 Å². The van der Waals surface area contributed by atoms with Crippen LogP contribution in [0.1, 0.15) is 26.2 Å². The number of nitrogens with zero attached hydrogens (tertiary/aromatic N) is 1. The van der Waals surface area contributed by atoms with Crippen molar-refractivity contribution in [2.24, 2.45) is 4.99 Å². The first kappa shape index (κ1) is 9.04. The van der Waals surface area contributed by atoms with Crippen molar-refractivity contribution in [3.05, 3.63) is 24.6 Å². The Morgan fingerprint density at radius 2 is 2.33 bits per heavy atom. The van der Waals surface area contributed by atoms with Crippen LogP contribution in [0.5, 0.6) is 0 Å². The van der Waals surface area contributed by atoms with E-state index in [1.165, 1.54) is 19.3 Å². The van der Waals surface area contributed by atoms with Gasteiger partial charge < -0.3 is 4.74 Å². The van der Waals surface area contributed by atoms with Gasteiger partial charge in [0, 0.05) is 6.21 Å². The Morgan fingerprint density at radius 3 is 2.75 bits per heavy atom. The van der Waals surface area contributed by atoms with Gasteiger partial charge >= 0.3 is 0 Å². The van der Waals surface area contributed by atoms with Crippen molar-refractivity contribution in [1.82, 2.24) is 0 Å². The van der Waals surface area contributed by atoms with Gasteiger partial charge in [-0.3, -0.25) is 0 Å². The molecule has 1 fully saturated rings. The summed E-state index contributed by atoms with van der Waals surface area (Å²) in [7, 11) is 0. The third-order valence-electron chi connectivity index (χ3n) is 1.89. The Balaban J connectivity index is 2.34. The van der Waals surface area contributed by atoms with Gasteiger partial charge in [0.15, 0.2) is 0 Å². The Kier molecular flexibility index (Phi) is 3.58. The monoisotopic (exact) mass is 165 g/mol. The molecule has 0 amide bonds. The fraction of sp³-hybridized carbons (Fsp3) is 0.500. The van der Waals surface area contributed by atoms with Crippen LogP contribution in [0.15, 0.2) is 29.6 Å². The third kappa shape index (κ3) is 2.53. The number of rotatable bonds is 4. The van der Waals surface area contributed by atoms with Crippen LogP contribution in [0.3, 0.4) is 0 Å². The summed E-state index contributed by atoms with van der Waals surface area (Å²) in [5.41, 5.74) is 0. The summed E-state index contributed by atoms with van der Waals surface area (Å²) < 4.78 is 5.55. The average molecular weight is 165 g/mol. The van der Waals surface area contributed by atoms with Crippen molar-refractivity contribution in [1.29, 1.82) is 0 Å². The zero-order valence-corrected chi connectivity index (χ0v) is 7.49. The highest BCUT2D eigenvalue weighted by molar-refractivity contribution is 5.70. The second-order valence-electron chi connectivity index (χ2n) is 2.81. The number of ether oxygens (including phenoxy) is 1. The van der Waals surface area contributed by atoms with Crippen molar-refractivity contribution >= 4 is 6.21 Å².